The summed E-state index contributed by atoms with van der Waals surface area (Å²) in [6, 6.07) is 0. The minimum absolute atomic E-state index is 0.285. The van der Waals surface area contributed by atoms with E-state index in [1.807, 2.05) is 0 Å². The molecule has 0 bridgehead atoms. The van der Waals surface area contributed by atoms with Gasteiger partial charge in [0.05, 0.1) is 5.57 Å². The van der Waals surface area contributed by atoms with Crippen molar-refractivity contribution >= 4 is 0 Å². The Labute approximate surface area is 82.9 Å². The Bertz CT molecular complexity index is 304. The normalized spacial score (nSPS) is 30.3. The summed E-state index contributed by atoms with van der Waals surface area (Å²) in [4.78, 5) is 0. The predicted octanol–water partition coefficient (Wildman–Crippen LogP) is 2.82. The second kappa shape index (κ2) is 3.30. The van der Waals surface area contributed by atoms with Gasteiger partial charge in [0.15, 0.2) is 0 Å². The number of hydrogen-bond acceptors (Lipinski definition) is 1. The van der Waals surface area contributed by atoms with E-state index >= 15 is 0 Å². The fraction of sp³-hybridized carbons (Fsp3) is 0.556. The second-order valence-corrected chi connectivity index (χ2v) is 3.49. The Morgan fingerprint density at radius 1 is 1.20 bits per heavy atom. The molecule has 1 N–H and O–H groups in total. The van der Waals surface area contributed by atoms with Crippen LogP contribution >= 0.6 is 0 Å². The van der Waals surface area contributed by atoms with Crippen LogP contribution in [0.15, 0.2) is 24.3 Å². The van der Waals surface area contributed by atoms with Crippen molar-refractivity contribution in [2.24, 2.45) is 0 Å². The van der Waals surface area contributed by atoms with Crippen LogP contribution < -0.4 is 0 Å². The lowest BCUT2D eigenvalue weighted by Crippen LogP contribution is -2.40. The third-order valence-electron chi connectivity index (χ3n) is 2.31. The number of aliphatic hydroxyl groups is 1. The van der Waals surface area contributed by atoms with Crippen molar-refractivity contribution in [3.8, 4) is 0 Å². The summed E-state index contributed by atoms with van der Waals surface area (Å²) in [5.41, 5.74) is -3.82. The quantitative estimate of drug-likeness (QED) is 0.540. The average molecular weight is 228 g/mol. The molecule has 0 spiro atoms. The topological polar surface area (TPSA) is 20.2 Å². The van der Waals surface area contributed by atoms with Crippen molar-refractivity contribution in [1.82, 2.24) is 0 Å². The summed E-state index contributed by atoms with van der Waals surface area (Å²) >= 11 is 0. The highest BCUT2D eigenvalue weighted by atomic mass is 19.4. The highest BCUT2D eigenvalue weighted by molar-refractivity contribution is 5.29. The lowest BCUT2D eigenvalue weighted by Gasteiger charge is -2.33. The number of rotatable bonds is 1. The van der Waals surface area contributed by atoms with E-state index in [1.165, 1.54) is 0 Å². The van der Waals surface area contributed by atoms with Gasteiger partial charge in [0, 0.05) is 6.42 Å². The van der Waals surface area contributed by atoms with Gasteiger partial charge in [-0.2, -0.15) is 13.2 Å². The summed E-state index contributed by atoms with van der Waals surface area (Å²) in [6.45, 7) is 2.70. The third kappa shape index (κ3) is 2.56. The Morgan fingerprint density at radius 3 is 2.07 bits per heavy atom. The maximum absolute atomic E-state index is 12.6. The summed E-state index contributed by atoms with van der Waals surface area (Å²) in [5.74, 6) is -3.15. The van der Waals surface area contributed by atoms with Crippen LogP contribution in [-0.4, -0.2) is 22.8 Å². The third-order valence-corrected chi connectivity index (χ3v) is 2.31. The molecule has 15 heavy (non-hydrogen) atoms. The first-order valence-electron chi connectivity index (χ1n) is 4.14. The first kappa shape index (κ1) is 12.2. The van der Waals surface area contributed by atoms with E-state index in [4.69, 9.17) is 0 Å². The maximum Gasteiger partial charge on any atom is 0.415 e. The Morgan fingerprint density at radius 2 is 1.73 bits per heavy atom. The zero-order valence-electron chi connectivity index (χ0n) is 7.61. The van der Waals surface area contributed by atoms with Gasteiger partial charge >= 0.3 is 6.18 Å². The van der Waals surface area contributed by atoms with E-state index in [0.29, 0.717) is 6.08 Å². The van der Waals surface area contributed by atoms with Gasteiger partial charge in [-0.1, -0.05) is 6.58 Å². The largest absolute Gasteiger partial charge is 0.415 e. The van der Waals surface area contributed by atoms with Crippen molar-refractivity contribution < 1.29 is 27.1 Å². The van der Waals surface area contributed by atoms with Crippen LogP contribution in [0.1, 0.15) is 12.8 Å². The fourth-order valence-electron chi connectivity index (χ4n) is 1.28. The highest BCUT2D eigenvalue weighted by Gasteiger charge is 2.48. The van der Waals surface area contributed by atoms with Gasteiger partial charge in [0.25, 0.3) is 5.92 Å². The van der Waals surface area contributed by atoms with Gasteiger partial charge in [-0.3, -0.25) is 0 Å². The van der Waals surface area contributed by atoms with Crippen LogP contribution in [0.5, 0.6) is 0 Å². The summed E-state index contributed by atoms with van der Waals surface area (Å²) in [6.07, 6.45) is -5.55. The summed E-state index contributed by atoms with van der Waals surface area (Å²) in [7, 11) is 0. The van der Waals surface area contributed by atoms with Crippen molar-refractivity contribution in [1.29, 1.82) is 0 Å². The molecule has 0 radical (unpaired) electrons. The van der Waals surface area contributed by atoms with Crippen LogP contribution in [0.25, 0.3) is 0 Å². The van der Waals surface area contributed by atoms with Crippen molar-refractivity contribution in [2.45, 2.75) is 30.5 Å². The van der Waals surface area contributed by atoms with E-state index in [0.717, 1.165) is 0 Å². The van der Waals surface area contributed by atoms with Crippen LogP contribution in [0.2, 0.25) is 0 Å². The fourth-order valence-corrected chi connectivity index (χ4v) is 1.28. The van der Waals surface area contributed by atoms with Crippen LogP contribution in [0.4, 0.5) is 22.0 Å². The van der Waals surface area contributed by atoms with Crippen LogP contribution in [0.3, 0.4) is 0 Å². The van der Waals surface area contributed by atoms with Gasteiger partial charge in [-0.25, -0.2) is 8.78 Å². The van der Waals surface area contributed by atoms with Gasteiger partial charge in [-0.15, -0.1) is 0 Å². The highest BCUT2D eigenvalue weighted by Crippen LogP contribution is 2.41. The molecule has 0 saturated heterocycles. The molecule has 0 aliphatic heterocycles. The standard InChI is InChI=1S/C9H9F5O/c1-6(9(12,13)14)7(15)2-4-8(10,11)5-3-7/h2,4,15H,1,3,5H2. The first-order chi connectivity index (χ1) is 6.57. The molecule has 0 fully saturated rings. The molecule has 6 heteroatoms. The minimum atomic E-state index is -4.79. The number of hydrogen-bond donors (Lipinski definition) is 1. The van der Waals surface area contributed by atoms with E-state index in [9.17, 15) is 27.1 Å². The molecular weight excluding hydrogens is 219 g/mol. The molecular formula is C9H9F5O. The molecule has 0 heterocycles. The number of allylic oxidation sites excluding steroid dienone is 1. The SMILES string of the molecule is C=C(C(F)(F)F)C1(O)C=CC(F)(F)CC1. The second-order valence-electron chi connectivity index (χ2n) is 3.49. The van der Waals surface area contributed by atoms with Gasteiger partial charge in [-0.05, 0) is 18.6 Å². The number of halogens is 5. The van der Waals surface area contributed by atoms with Gasteiger partial charge in [0.1, 0.15) is 5.60 Å². The maximum atomic E-state index is 12.6. The van der Waals surface area contributed by atoms with Gasteiger partial charge in [0.2, 0.25) is 0 Å². The van der Waals surface area contributed by atoms with Crippen molar-refractivity contribution in [2.75, 3.05) is 0 Å². The monoisotopic (exact) mass is 228 g/mol. The molecule has 0 aromatic rings. The molecule has 1 aliphatic rings. The molecule has 0 amide bonds. The van der Waals surface area contributed by atoms with E-state index < -0.39 is 36.1 Å². The van der Waals surface area contributed by atoms with Crippen LogP contribution in [0, 0.1) is 0 Å². The summed E-state index contributed by atoms with van der Waals surface area (Å²) < 4.78 is 61.8. The minimum Gasteiger partial charge on any atom is -0.381 e. The lowest BCUT2D eigenvalue weighted by atomic mass is 9.83. The Kier molecular flexibility index (Phi) is 2.67. The summed E-state index contributed by atoms with van der Waals surface area (Å²) in [5, 5.41) is 9.47. The zero-order valence-corrected chi connectivity index (χ0v) is 7.61. The predicted molar refractivity (Wildman–Crippen MR) is 43.5 cm³/mol. The van der Waals surface area contributed by atoms with E-state index in [-0.39, 0.29) is 6.08 Å². The number of alkyl halides is 5. The molecule has 1 nitrogen and oxygen atoms in total. The molecule has 86 valence electrons. The molecule has 1 aliphatic carbocycles. The molecule has 0 saturated carbocycles. The van der Waals surface area contributed by atoms with E-state index in [2.05, 4.69) is 6.58 Å². The van der Waals surface area contributed by atoms with Crippen LogP contribution in [-0.2, 0) is 0 Å². The molecule has 1 atom stereocenters. The lowest BCUT2D eigenvalue weighted by molar-refractivity contribution is -0.118. The van der Waals surface area contributed by atoms with Crippen molar-refractivity contribution in [3.05, 3.63) is 24.3 Å². The first-order valence-corrected chi connectivity index (χ1v) is 4.14. The smallest absolute Gasteiger partial charge is 0.381 e. The molecule has 1 rings (SSSR count). The Hall–Kier alpha value is -0.910. The molecule has 0 aromatic carbocycles. The molecule has 1 unspecified atom stereocenters. The zero-order chi connectivity index (χ0) is 11.9. The van der Waals surface area contributed by atoms with E-state index in [1.54, 1.807) is 0 Å². The average Bonchev–Trinajstić information content (AvgIpc) is 2.08. The Balaban J connectivity index is 2.93. The van der Waals surface area contributed by atoms with Crippen molar-refractivity contribution in [3.63, 3.8) is 0 Å². The van der Waals surface area contributed by atoms with Gasteiger partial charge < -0.3 is 5.11 Å². The molecule has 0 aromatic heterocycles.